The van der Waals surface area contributed by atoms with Gasteiger partial charge in [-0.1, -0.05) is 32.9 Å². The van der Waals surface area contributed by atoms with Gasteiger partial charge in [-0.2, -0.15) is 4.52 Å². The monoisotopic (exact) mass is 311 g/mol. The molecule has 0 bridgehead atoms. The number of carbonyl (C=O) groups excluding carboxylic acids is 1. The normalized spacial score (nSPS) is 11.6. The standard InChI is InChI=1S/C16H17N5O2/c1-16(2,3)11-6-4-10(5-7-11)13(22)20-12-8-17-15-18-9-19-21(15)14(12)23/h4-9H,1-3H3,(H,20,22)(H,17,18,19). The smallest absolute Gasteiger partial charge is 0.297 e. The van der Waals surface area contributed by atoms with Crippen molar-refractivity contribution >= 4 is 17.4 Å². The SMILES string of the molecule is CC(C)(C)c1ccc(C(=O)Nc2cnc3nc[nH]n3c2=O)cc1. The molecule has 7 nitrogen and oxygen atoms in total. The van der Waals surface area contributed by atoms with Gasteiger partial charge in [0.2, 0.25) is 0 Å². The fourth-order valence-electron chi connectivity index (χ4n) is 2.20. The van der Waals surface area contributed by atoms with E-state index in [1.54, 1.807) is 12.1 Å². The molecule has 0 atom stereocenters. The van der Waals surface area contributed by atoms with Gasteiger partial charge in [0.15, 0.2) is 0 Å². The van der Waals surface area contributed by atoms with Crippen molar-refractivity contribution in [3.05, 3.63) is 58.3 Å². The number of benzene rings is 1. The molecule has 0 radical (unpaired) electrons. The Morgan fingerprint density at radius 3 is 2.52 bits per heavy atom. The van der Waals surface area contributed by atoms with Crippen molar-refractivity contribution in [3.8, 4) is 0 Å². The van der Waals surface area contributed by atoms with E-state index in [4.69, 9.17) is 0 Å². The largest absolute Gasteiger partial charge is 0.316 e. The summed E-state index contributed by atoms with van der Waals surface area (Å²) in [5.74, 6) is -0.105. The maximum atomic E-state index is 12.3. The van der Waals surface area contributed by atoms with Gasteiger partial charge in [-0.25, -0.2) is 9.97 Å². The summed E-state index contributed by atoms with van der Waals surface area (Å²) in [6, 6.07) is 7.32. The summed E-state index contributed by atoms with van der Waals surface area (Å²) < 4.78 is 1.16. The zero-order valence-electron chi connectivity index (χ0n) is 13.1. The summed E-state index contributed by atoms with van der Waals surface area (Å²) >= 11 is 0. The van der Waals surface area contributed by atoms with E-state index in [2.05, 4.69) is 41.2 Å². The molecule has 3 rings (SSSR count). The fraction of sp³-hybridized carbons (Fsp3) is 0.250. The van der Waals surface area contributed by atoms with E-state index in [-0.39, 0.29) is 22.8 Å². The van der Waals surface area contributed by atoms with Gasteiger partial charge in [-0.3, -0.25) is 14.7 Å². The third kappa shape index (κ3) is 2.85. The van der Waals surface area contributed by atoms with Crippen molar-refractivity contribution in [2.24, 2.45) is 0 Å². The number of hydrogen-bond acceptors (Lipinski definition) is 4. The maximum Gasteiger partial charge on any atom is 0.297 e. The highest BCUT2D eigenvalue weighted by atomic mass is 16.2. The van der Waals surface area contributed by atoms with Crippen LogP contribution in [0.15, 0.2) is 41.6 Å². The van der Waals surface area contributed by atoms with E-state index in [1.165, 1.54) is 12.5 Å². The highest BCUT2D eigenvalue weighted by Crippen LogP contribution is 2.22. The summed E-state index contributed by atoms with van der Waals surface area (Å²) in [5.41, 5.74) is 1.31. The molecule has 2 N–H and O–H groups in total. The van der Waals surface area contributed by atoms with Crippen LogP contribution in [0, 0.1) is 0 Å². The topological polar surface area (TPSA) is 92.2 Å². The number of fused-ring (bicyclic) bond motifs is 1. The summed E-state index contributed by atoms with van der Waals surface area (Å²) in [6.45, 7) is 6.32. The van der Waals surface area contributed by atoms with Gasteiger partial charge in [0.1, 0.15) is 12.0 Å². The first-order valence-corrected chi connectivity index (χ1v) is 7.19. The fourth-order valence-corrected chi connectivity index (χ4v) is 2.20. The van der Waals surface area contributed by atoms with Crippen LogP contribution in [0.25, 0.3) is 5.78 Å². The molecule has 0 unspecified atom stereocenters. The predicted octanol–water partition coefficient (Wildman–Crippen LogP) is 1.97. The van der Waals surface area contributed by atoms with Crippen molar-refractivity contribution in [2.75, 3.05) is 5.32 Å². The Labute approximate surface area is 132 Å². The lowest BCUT2D eigenvalue weighted by Crippen LogP contribution is -2.23. The molecule has 0 spiro atoms. The first kappa shape index (κ1) is 15.0. The minimum atomic E-state index is -0.410. The number of nitrogens with zero attached hydrogens (tertiary/aromatic N) is 3. The van der Waals surface area contributed by atoms with Gasteiger partial charge >= 0.3 is 0 Å². The van der Waals surface area contributed by atoms with Crippen LogP contribution in [0.3, 0.4) is 0 Å². The number of anilines is 1. The van der Waals surface area contributed by atoms with Crippen molar-refractivity contribution in [3.63, 3.8) is 0 Å². The number of H-pyrrole nitrogens is 1. The van der Waals surface area contributed by atoms with E-state index in [1.807, 2.05) is 12.1 Å². The van der Waals surface area contributed by atoms with Gasteiger partial charge in [-0.15, -0.1) is 0 Å². The molecule has 23 heavy (non-hydrogen) atoms. The van der Waals surface area contributed by atoms with Crippen LogP contribution in [-0.2, 0) is 5.41 Å². The summed E-state index contributed by atoms with van der Waals surface area (Å²) in [5, 5.41) is 5.23. The molecule has 0 fully saturated rings. The Morgan fingerprint density at radius 2 is 1.87 bits per heavy atom. The van der Waals surface area contributed by atoms with Crippen LogP contribution in [0.2, 0.25) is 0 Å². The second kappa shape index (κ2) is 5.35. The number of hydrogen-bond donors (Lipinski definition) is 2. The molecule has 0 saturated heterocycles. The maximum absolute atomic E-state index is 12.3. The van der Waals surface area contributed by atoms with Gasteiger partial charge < -0.3 is 5.32 Å². The van der Waals surface area contributed by atoms with Crippen molar-refractivity contribution in [1.29, 1.82) is 0 Å². The van der Waals surface area contributed by atoms with E-state index >= 15 is 0 Å². The Balaban J connectivity index is 1.86. The summed E-state index contributed by atoms with van der Waals surface area (Å²) in [7, 11) is 0. The van der Waals surface area contributed by atoms with Crippen LogP contribution < -0.4 is 10.9 Å². The van der Waals surface area contributed by atoms with Crippen molar-refractivity contribution in [1.82, 2.24) is 19.6 Å². The Bertz CT molecular complexity index is 916. The number of aromatic nitrogens is 4. The average molecular weight is 311 g/mol. The number of aromatic amines is 1. The third-order valence-electron chi connectivity index (χ3n) is 3.57. The zero-order chi connectivity index (χ0) is 16.6. The van der Waals surface area contributed by atoms with Gasteiger partial charge in [-0.05, 0) is 23.1 Å². The lowest BCUT2D eigenvalue weighted by Gasteiger charge is -2.19. The van der Waals surface area contributed by atoms with E-state index < -0.39 is 5.56 Å². The number of amides is 1. The van der Waals surface area contributed by atoms with E-state index in [0.29, 0.717) is 5.56 Å². The molecule has 0 aliphatic carbocycles. The first-order chi connectivity index (χ1) is 10.9. The highest BCUT2D eigenvalue weighted by molar-refractivity contribution is 6.04. The molecule has 1 aromatic carbocycles. The molecule has 0 saturated carbocycles. The van der Waals surface area contributed by atoms with Crippen LogP contribution in [0.4, 0.5) is 5.69 Å². The van der Waals surface area contributed by atoms with Crippen molar-refractivity contribution in [2.45, 2.75) is 26.2 Å². The van der Waals surface area contributed by atoms with Gasteiger partial charge in [0, 0.05) is 5.56 Å². The van der Waals surface area contributed by atoms with Crippen molar-refractivity contribution < 1.29 is 4.79 Å². The summed E-state index contributed by atoms with van der Waals surface area (Å²) in [4.78, 5) is 32.3. The second-order valence-electron chi connectivity index (χ2n) is 6.28. The Hall–Kier alpha value is -2.96. The number of rotatable bonds is 2. The second-order valence-corrected chi connectivity index (χ2v) is 6.28. The van der Waals surface area contributed by atoms with E-state index in [9.17, 15) is 9.59 Å². The zero-order valence-corrected chi connectivity index (χ0v) is 13.1. The van der Waals surface area contributed by atoms with E-state index in [0.717, 1.165) is 10.1 Å². The van der Waals surface area contributed by atoms with Crippen LogP contribution in [0.5, 0.6) is 0 Å². The number of nitrogens with one attached hydrogen (secondary N) is 2. The molecule has 0 aliphatic heterocycles. The predicted molar refractivity (Wildman–Crippen MR) is 86.7 cm³/mol. The average Bonchev–Trinajstić information content (AvgIpc) is 2.98. The van der Waals surface area contributed by atoms with Gasteiger partial charge in [0.25, 0.3) is 17.2 Å². The minimum absolute atomic E-state index is 0.0173. The Kier molecular flexibility index (Phi) is 3.48. The Morgan fingerprint density at radius 1 is 1.17 bits per heavy atom. The summed E-state index contributed by atoms with van der Waals surface area (Å²) in [6.07, 6.45) is 2.67. The van der Waals surface area contributed by atoms with Gasteiger partial charge in [0.05, 0.1) is 6.20 Å². The molecule has 3 aromatic rings. The molecule has 0 aliphatic rings. The molecule has 1 amide bonds. The minimum Gasteiger partial charge on any atom is -0.316 e. The highest BCUT2D eigenvalue weighted by Gasteiger charge is 2.15. The van der Waals surface area contributed by atoms with Crippen LogP contribution in [-0.4, -0.2) is 25.5 Å². The quantitative estimate of drug-likeness (QED) is 0.757. The lowest BCUT2D eigenvalue weighted by molar-refractivity contribution is 0.102. The molecule has 2 aromatic heterocycles. The number of carbonyl (C=O) groups is 1. The van der Waals surface area contributed by atoms with Crippen LogP contribution >= 0.6 is 0 Å². The molecule has 2 heterocycles. The molecule has 7 heteroatoms. The molecular weight excluding hydrogens is 294 g/mol. The lowest BCUT2D eigenvalue weighted by atomic mass is 9.87. The van der Waals surface area contributed by atoms with Crippen LogP contribution in [0.1, 0.15) is 36.7 Å². The molecule has 118 valence electrons. The third-order valence-corrected chi connectivity index (χ3v) is 3.57. The molecular formula is C16H17N5O2. The first-order valence-electron chi connectivity index (χ1n) is 7.19.